The van der Waals surface area contributed by atoms with Gasteiger partial charge in [-0.3, -0.25) is 4.79 Å². The van der Waals surface area contributed by atoms with Gasteiger partial charge in [-0.05, 0) is 35.4 Å². The SMILES string of the molecule is CC1(C)c2ccccc2N2CCC(=O)NC21/C=C/c1ccc(Cl)cc1. The van der Waals surface area contributed by atoms with Crippen LogP contribution in [0.25, 0.3) is 6.08 Å². The topological polar surface area (TPSA) is 32.3 Å². The van der Waals surface area contributed by atoms with E-state index in [2.05, 4.69) is 60.5 Å². The number of hydrogen-bond acceptors (Lipinski definition) is 2. The van der Waals surface area contributed by atoms with Gasteiger partial charge in [-0.15, -0.1) is 0 Å². The Morgan fingerprint density at radius 3 is 2.60 bits per heavy atom. The number of fused-ring (bicyclic) bond motifs is 3. The average Bonchev–Trinajstić information content (AvgIpc) is 2.79. The van der Waals surface area contributed by atoms with Crippen LogP contribution in [0.4, 0.5) is 5.69 Å². The number of benzene rings is 2. The number of halogens is 1. The molecule has 1 amide bonds. The summed E-state index contributed by atoms with van der Waals surface area (Å²) in [7, 11) is 0. The lowest BCUT2D eigenvalue weighted by molar-refractivity contribution is -0.124. The van der Waals surface area contributed by atoms with E-state index in [0.717, 1.165) is 17.1 Å². The molecule has 4 rings (SSSR count). The minimum atomic E-state index is -0.564. The number of hydrogen-bond donors (Lipinski definition) is 1. The summed E-state index contributed by atoms with van der Waals surface area (Å²) in [6.45, 7) is 5.12. The predicted octanol–water partition coefficient (Wildman–Crippen LogP) is 4.37. The predicted molar refractivity (Wildman–Crippen MR) is 103 cm³/mol. The van der Waals surface area contributed by atoms with Crippen molar-refractivity contribution in [2.45, 2.75) is 31.3 Å². The van der Waals surface area contributed by atoms with E-state index in [1.807, 2.05) is 24.3 Å². The highest BCUT2D eigenvalue weighted by Gasteiger charge is 2.57. The van der Waals surface area contributed by atoms with Gasteiger partial charge in [-0.1, -0.05) is 61.9 Å². The van der Waals surface area contributed by atoms with E-state index in [9.17, 15) is 4.79 Å². The molecule has 0 bridgehead atoms. The Morgan fingerprint density at radius 2 is 1.84 bits per heavy atom. The quantitative estimate of drug-likeness (QED) is 0.870. The molecule has 25 heavy (non-hydrogen) atoms. The third-order valence-electron chi connectivity index (χ3n) is 5.53. The van der Waals surface area contributed by atoms with Crippen LogP contribution >= 0.6 is 11.6 Å². The molecule has 2 aromatic carbocycles. The second-order valence-electron chi connectivity index (χ2n) is 7.24. The van der Waals surface area contributed by atoms with E-state index in [4.69, 9.17) is 11.6 Å². The molecule has 3 nitrogen and oxygen atoms in total. The van der Waals surface area contributed by atoms with Crippen LogP contribution in [0, 0.1) is 0 Å². The molecule has 1 atom stereocenters. The van der Waals surface area contributed by atoms with Crippen molar-refractivity contribution in [1.29, 1.82) is 0 Å². The first-order valence-corrected chi connectivity index (χ1v) is 8.95. The maximum atomic E-state index is 12.3. The Bertz CT molecular complexity index is 856. The molecule has 4 heteroatoms. The molecule has 0 spiro atoms. The summed E-state index contributed by atoms with van der Waals surface area (Å²) in [5, 5.41) is 4.00. The zero-order valence-electron chi connectivity index (χ0n) is 14.4. The summed E-state index contributed by atoms with van der Waals surface area (Å²) in [5.74, 6) is 0.0953. The fourth-order valence-electron chi connectivity index (χ4n) is 4.11. The van der Waals surface area contributed by atoms with Crippen LogP contribution in [0.1, 0.15) is 31.4 Å². The highest BCUT2D eigenvalue weighted by atomic mass is 35.5. The fourth-order valence-corrected chi connectivity index (χ4v) is 4.24. The maximum Gasteiger partial charge on any atom is 0.223 e. The van der Waals surface area contributed by atoms with E-state index in [-0.39, 0.29) is 11.3 Å². The molecule has 0 aliphatic carbocycles. The number of rotatable bonds is 2. The van der Waals surface area contributed by atoms with E-state index in [0.29, 0.717) is 6.42 Å². The molecule has 1 unspecified atom stereocenters. The van der Waals surface area contributed by atoms with Gasteiger partial charge in [0.1, 0.15) is 5.66 Å². The van der Waals surface area contributed by atoms with Crippen molar-refractivity contribution in [3.63, 3.8) is 0 Å². The number of amides is 1. The van der Waals surface area contributed by atoms with Gasteiger partial charge in [0, 0.05) is 29.1 Å². The van der Waals surface area contributed by atoms with Crippen LogP contribution < -0.4 is 10.2 Å². The molecule has 1 N–H and O–H groups in total. The van der Waals surface area contributed by atoms with Crippen molar-refractivity contribution in [1.82, 2.24) is 5.32 Å². The first-order chi connectivity index (χ1) is 11.9. The van der Waals surface area contributed by atoms with Crippen LogP contribution in [-0.2, 0) is 10.2 Å². The van der Waals surface area contributed by atoms with Crippen molar-refractivity contribution < 1.29 is 4.79 Å². The lowest BCUT2D eigenvalue weighted by Crippen LogP contribution is -2.68. The van der Waals surface area contributed by atoms with E-state index < -0.39 is 5.66 Å². The first-order valence-electron chi connectivity index (χ1n) is 8.57. The summed E-state index contributed by atoms with van der Waals surface area (Å²) in [4.78, 5) is 14.6. The number of para-hydroxylation sites is 1. The van der Waals surface area contributed by atoms with Crippen molar-refractivity contribution in [2.24, 2.45) is 0 Å². The van der Waals surface area contributed by atoms with Gasteiger partial charge in [-0.25, -0.2) is 0 Å². The lowest BCUT2D eigenvalue weighted by atomic mass is 9.74. The smallest absolute Gasteiger partial charge is 0.223 e. The zero-order chi connectivity index (χ0) is 17.7. The third kappa shape index (κ3) is 2.37. The number of anilines is 1. The van der Waals surface area contributed by atoms with Crippen LogP contribution in [0.2, 0.25) is 5.02 Å². The Kier molecular flexibility index (Phi) is 3.66. The lowest BCUT2D eigenvalue weighted by Gasteiger charge is -2.49. The van der Waals surface area contributed by atoms with E-state index in [1.165, 1.54) is 11.3 Å². The largest absolute Gasteiger partial charge is 0.344 e. The van der Waals surface area contributed by atoms with Gasteiger partial charge in [0.05, 0.1) is 0 Å². The number of nitrogens with one attached hydrogen (secondary N) is 1. The maximum absolute atomic E-state index is 12.3. The summed E-state index contributed by atoms with van der Waals surface area (Å²) >= 11 is 5.98. The zero-order valence-corrected chi connectivity index (χ0v) is 15.2. The third-order valence-corrected chi connectivity index (χ3v) is 5.78. The van der Waals surface area contributed by atoms with Gasteiger partial charge in [0.25, 0.3) is 0 Å². The number of carbonyl (C=O) groups is 1. The summed E-state index contributed by atoms with van der Waals surface area (Å²) in [6, 6.07) is 16.2. The van der Waals surface area contributed by atoms with E-state index in [1.54, 1.807) is 0 Å². The van der Waals surface area contributed by atoms with Gasteiger partial charge in [-0.2, -0.15) is 0 Å². The molecule has 2 aromatic rings. The molecular weight excluding hydrogens is 332 g/mol. The number of carbonyl (C=O) groups excluding carboxylic acids is 1. The van der Waals surface area contributed by atoms with Gasteiger partial charge in [0.2, 0.25) is 5.91 Å². The molecule has 0 radical (unpaired) electrons. The van der Waals surface area contributed by atoms with Crippen LogP contribution in [0.5, 0.6) is 0 Å². The summed E-state index contributed by atoms with van der Waals surface area (Å²) in [5.41, 5.74) is 2.71. The normalized spacial score (nSPS) is 24.1. The highest BCUT2D eigenvalue weighted by Crippen LogP contribution is 2.52. The standard InChI is InChI=1S/C21H21ClN2O/c1-20(2)17-5-3-4-6-18(17)24-14-12-19(25)23-21(20,24)13-11-15-7-9-16(22)10-8-15/h3-11,13H,12,14H2,1-2H3,(H,23,25)/b13-11+. The molecule has 2 aliphatic heterocycles. The molecular formula is C21H21ClN2O. The van der Waals surface area contributed by atoms with Gasteiger partial charge < -0.3 is 10.2 Å². The summed E-state index contributed by atoms with van der Waals surface area (Å²) < 4.78 is 0. The second kappa shape index (κ2) is 5.63. The fraction of sp³-hybridized carbons (Fsp3) is 0.286. The molecule has 1 fully saturated rings. The molecule has 0 aromatic heterocycles. The van der Waals surface area contributed by atoms with Gasteiger partial charge >= 0.3 is 0 Å². The Labute approximate surface area is 153 Å². The Hall–Kier alpha value is -2.26. The molecule has 128 valence electrons. The second-order valence-corrected chi connectivity index (χ2v) is 7.68. The van der Waals surface area contributed by atoms with Gasteiger partial charge in [0.15, 0.2) is 0 Å². The molecule has 2 aliphatic rings. The van der Waals surface area contributed by atoms with Crippen molar-refractivity contribution in [3.05, 3.63) is 70.8 Å². The minimum absolute atomic E-state index is 0.0953. The highest BCUT2D eigenvalue weighted by molar-refractivity contribution is 6.30. The number of nitrogens with zero attached hydrogens (tertiary/aromatic N) is 1. The summed E-state index contributed by atoms with van der Waals surface area (Å²) in [6.07, 6.45) is 4.72. The molecule has 1 saturated heterocycles. The Morgan fingerprint density at radius 1 is 1.12 bits per heavy atom. The van der Waals surface area contributed by atoms with Crippen LogP contribution in [-0.4, -0.2) is 18.1 Å². The monoisotopic (exact) mass is 352 g/mol. The average molecular weight is 353 g/mol. The van der Waals surface area contributed by atoms with Crippen molar-refractivity contribution >= 4 is 29.3 Å². The van der Waals surface area contributed by atoms with Crippen LogP contribution in [0.3, 0.4) is 0 Å². The minimum Gasteiger partial charge on any atom is -0.344 e. The molecule has 2 heterocycles. The molecule has 0 saturated carbocycles. The van der Waals surface area contributed by atoms with Crippen LogP contribution in [0.15, 0.2) is 54.6 Å². The van der Waals surface area contributed by atoms with Crippen molar-refractivity contribution in [2.75, 3.05) is 11.4 Å². The Balaban J connectivity index is 1.83. The van der Waals surface area contributed by atoms with Crippen molar-refractivity contribution in [3.8, 4) is 0 Å². The van der Waals surface area contributed by atoms with E-state index >= 15 is 0 Å². The first kappa shape index (κ1) is 16.2.